The van der Waals surface area contributed by atoms with E-state index >= 15 is 0 Å². The quantitative estimate of drug-likeness (QED) is 0.361. The van der Waals surface area contributed by atoms with E-state index in [1.807, 2.05) is 0 Å². The van der Waals surface area contributed by atoms with Gasteiger partial charge in [0.05, 0.1) is 34.7 Å². The minimum atomic E-state index is -4.53. The van der Waals surface area contributed by atoms with Crippen molar-refractivity contribution in [2.75, 3.05) is 11.5 Å². The summed E-state index contributed by atoms with van der Waals surface area (Å²) in [5.74, 6) is -0.146. The van der Waals surface area contributed by atoms with Gasteiger partial charge in [0, 0.05) is 10.9 Å². The molecule has 0 amide bonds. The van der Waals surface area contributed by atoms with Crippen molar-refractivity contribution < 1.29 is 26.5 Å². The van der Waals surface area contributed by atoms with Crippen molar-refractivity contribution in [1.82, 2.24) is 14.7 Å². The summed E-state index contributed by atoms with van der Waals surface area (Å²) in [7, 11) is 0. The number of aromatic nitrogens is 3. The molecule has 4 aromatic rings. The van der Waals surface area contributed by atoms with Crippen LogP contribution >= 0.6 is 0 Å². The van der Waals surface area contributed by atoms with Crippen molar-refractivity contribution in [3.63, 3.8) is 0 Å². The maximum absolute atomic E-state index is 13.6. The molecule has 0 saturated carbocycles. The van der Waals surface area contributed by atoms with Gasteiger partial charge in [-0.2, -0.15) is 18.2 Å². The summed E-state index contributed by atoms with van der Waals surface area (Å²) in [5.41, 5.74) is 11.3. The first-order chi connectivity index (χ1) is 14.1. The van der Waals surface area contributed by atoms with Gasteiger partial charge in [0.2, 0.25) is 0 Å². The Morgan fingerprint density at radius 1 is 1.07 bits per heavy atom. The number of halogens is 5. The van der Waals surface area contributed by atoms with Crippen molar-refractivity contribution in [2.45, 2.75) is 19.1 Å². The van der Waals surface area contributed by atoms with Crippen LogP contribution in [-0.4, -0.2) is 14.7 Å². The summed E-state index contributed by atoms with van der Waals surface area (Å²) in [6.07, 6.45) is -7.34. The Morgan fingerprint density at radius 3 is 2.53 bits per heavy atom. The number of nitrogen functional groups attached to an aromatic ring is 2. The Balaban J connectivity index is 1.72. The molecule has 4 rings (SSSR count). The van der Waals surface area contributed by atoms with Gasteiger partial charge >= 0.3 is 6.18 Å². The van der Waals surface area contributed by atoms with Crippen molar-refractivity contribution in [3.8, 4) is 11.5 Å². The fourth-order valence-corrected chi connectivity index (χ4v) is 3.16. The SMILES string of the molecule is Nc1ccc2c(cc(C(F)F)n2Cc2noc(-c3cccc(C(F)(F)F)c3)n2)c1N. The number of nitrogens with zero attached hydrogens (tertiary/aromatic N) is 3. The minimum absolute atomic E-state index is 0.0113. The first-order valence-electron chi connectivity index (χ1n) is 8.60. The molecule has 2 aromatic carbocycles. The highest BCUT2D eigenvalue weighted by atomic mass is 19.4. The van der Waals surface area contributed by atoms with Crippen LogP contribution in [-0.2, 0) is 12.7 Å². The van der Waals surface area contributed by atoms with E-state index in [0.29, 0.717) is 10.9 Å². The summed E-state index contributed by atoms with van der Waals surface area (Å²) < 4.78 is 72.2. The van der Waals surface area contributed by atoms with Gasteiger partial charge in [0.1, 0.15) is 0 Å². The molecule has 0 spiro atoms. The summed E-state index contributed by atoms with van der Waals surface area (Å²) in [5, 5.41) is 4.07. The molecule has 0 unspecified atom stereocenters. The van der Waals surface area contributed by atoms with Crippen LogP contribution in [0.15, 0.2) is 47.0 Å². The smallest absolute Gasteiger partial charge is 0.397 e. The molecule has 6 nitrogen and oxygen atoms in total. The highest BCUT2D eigenvalue weighted by Gasteiger charge is 2.31. The monoisotopic (exact) mass is 423 g/mol. The van der Waals surface area contributed by atoms with Crippen molar-refractivity contribution in [1.29, 1.82) is 0 Å². The Kier molecular flexibility index (Phi) is 4.60. The van der Waals surface area contributed by atoms with Crippen LogP contribution in [0.25, 0.3) is 22.4 Å². The first-order valence-corrected chi connectivity index (χ1v) is 8.60. The van der Waals surface area contributed by atoms with Gasteiger partial charge in [-0.15, -0.1) is 0 Å². The van der Waals surface area contributed by atoms with Crippen LogP contribution in [0.3, 0.4) is 0 Å². The van der Waals surface area contributed by atoms with Crippen LogP contribution in [0, 0.1) is 0 Å². The van der Waals surface area contributed by atoms with Crippen LogP contribution < -0.4 is 11.5 Å². The number of alkyl halides is 5. The van der Waals surface area contributed by atoms with Crippen LogP contribution in [0.5, 0.6) is 0 Å². The largest absolute Gasteiger partial charge is 0.416 e. The third-order valence-corrected chi connectivity index (χ3v) is 4.62. The molecule has 0 bridgehead atoms. The van der Waals surface area contributed by atoms with Gasteiger partial charge in [-0.1, -0.05) is 11.2 Å². The van der Waals surface area contributed by atoms with E-state index in [1.165, 1.54) is 28.8 Å². The third-order valence-electron chi connectivity index (χ3n) is 4.62. The predicted molar refractivity (Wildman–Crippen MR) is 99.6 cm³/mol. The molecule has 30 heavy (non-hydrogen) atoms. The molecule has 0 aliphatic heterocycles. The molecule has 0 aliphatic carbocycles. The number of benzene rings is 2. The lowest BCUT2D eigenvalue weighted by molar-refractivity contribution is -0.137. The number of nitrogens with two attached hydrogens (primary N) is 2. The first kappa shape index (κ1) is 19.7. The topological polar surface area (TPSA) is 95.9 Å². The number of hydrogen-bond acceptors (Lipinski definition) is 5. The van der Waals surface area contributed by atoms with Gasteiger partial charge in [0.25, 0.3) is 12.3 Å². The summed E-state index contributed by atoms with van der Waals surface area (Å²) >= 11 is 0. The van der Waals surface area contributed by atoms with E-state index in [2.05, 4.69) is 10.1 Å². The second-order valence-electron chi connectivity index (χ2n) is 6.55. The Hall–Kier alpha value is -3.63. The van der Waals surface area contributed by atoms with E-state index < -0.39 is 18.2 Å². The van der Waals surface area contributed by atoms with Crippen LogP contribution in [0.2, 0.25) is 0 Å². The highest BCUT2D eigenvalue weighted by Crippen LogP contribution is 2.34. The summed E-state index contributed by atoms with van der Waals surface area (Å²) in [6, 6.07) is 8.65. The lowest BCUT2D eigenvalue weighted by Crippen LogP contribution is -2.06. The molecule has 2 aromatic heterocycles. The normalized spacial score (nSPS) is 12.2. The number of rotatable bonds is 4. The minimum Gasteiger partial charge on any atom is -0.397 e. The molecule has 0 fully saturated rings. The molecular formula is C19H14F5N5O. The zero-order valence-electron chi connectivity index (χ0n) is 15.1. The van der Waals surface area contributed by atoms with Crippen molar-refractivity contribution >= 4 is 22.3 Å². The van der Waals surface area contributed by atoms with Gasteiger partial charge in [-0.3, -0.25) is 0 Å². The molecule has 0 atom stereocenters. The van der Waals surface area contributed by atoms with E-state index in [1.54, 1.807) is 6.07 Å². The van der Waals surface area contributed by atoms with E-state index in [-0.39, 0.29) is 40.9 Å². The molecular weight excluding hydrogens is 409 g/mol. The van der Waals surface area contributed by atoms with Gasteiger partial charge in [0.15, 0.2) is 5.82 Å². The molecule has 0 radical (unpaired) electrons. The van der Waals surface area contributed by atoms with Gasteiger partial charge < -0.3 is 20.6 Å². The fourth-order valence-electron chi connectivity index (χ4n) is 3.16. The predicted octanol–water partition coefficient (Wildman–Crippen LogP) is 4.86. The van der Waals surface area contributed by atoms with E-state index in [4.69, 9.17) is 16.0 Å². The molecule has 156 valence electrons. The second-order valence-corrected chi connectivity index (χ2v) is 6.55. The number of anilines is 2. The van der Waals surface area contributed by atoms with Gasteiger partial charge in [-0.05, 0) is 36.4 Å². The number of fused-ring (bicyclic) bond motifs is 1. The molecule has 4 N–H and O–H groups in total. The lowest BCUT2D eigenvalue weighted by atomic mass is 10.1. The highest BCUT2D eigenvalue weighted by molar-refractivity contribution is 5.97. The van der Waals surface area contributed by atoms with E-state index in [0.717, 1.165) is 12.1 Å². The van der Waals surface area contributed by atoms with Crippen molar-refractivity contribution in [2.24, 2.45) is 0 Å². The Labute approximate surface area is 165 Å². The van der Waals surface area contributed by atoms with Crippen molar-refractivity contribution in [3.05, 3.63) is 59.5 Å². The average Bonchev–Trinajstić information content (AvgIpc) is 3.30. The van der Waals surface area contributed by atoms with E-state index in [9.17, 15) is 22.0 Å². The standard InChI is InChI=1S/C19H14F5N5O/c20-17(21)14-7-11-13(5-4-12(25)16(11)26)29(14)8-15-27-18(30-28-15)9-2-1-3-10(6-9)19(22,23)24/h1-7,17H,8,25-26H2. The molecule has 0 aliphatic rings. The Bertz CT molecular complexity index is 1230. The number of hydrogen-bond donors (Lipinski definition) is 2. The summed E-state index contributed by atoms with van der Waals surface area (Å²) in [6.45, 7) is -0.199. The second kappa shape index (κ2) is 7.01. The molecule has 11 heteroatoms. The zero-order chi connectivity index (χ0) is 21.6. The zero-order valence-corrected chi connectivity index (χ0v) is 15.1. The molecule has 0 saturated heterocycles. The fraction of sp³-hybridized carbons (Fsp3) is 0.158. The Morgan fingerprint density at radius 2 is 1.83 bits per heavy atom. The average molecular weight is 423 g/mol. The third kappa shape index (κ3) is 3.42. The van der Waals surface area contributed by atoms with Gasteiger partial charge in [-0.25, -0.2) is 8.78 Å². The lowest BCUT2D eigenvalue weighted by Gasteiger charge is -2.08. The van der Waals surface area contributed by atoms with Crippen LogP contribution in [0.4, 0.5) is 33.3 Å². The van der Waals surface area contributed by atoms with Crippen LogP contribution in [0.1, 0.15) is 23.5 Å². The summed E-state index contributed by atoms with van der Waals surface area (Å²) in [4.78, 5) is 4.06. The maximum Gasteiger partial charge on any atom is 0.416 e. The molecule has 2 heterocycles. The maximum atomic E-state index is 13.6.